The first-order valence-electron chi connectivity index (χ1n) is 8.35. The number of carbonyl (C=O) groups is 2. The maximum atomic E-state index is 12.7. The Morgan fingerprint density at radius 1 is 1.26 bits per heavy atom. The van der Waals surface area contributed by atoms with E-state index < -0.39 is 5.97 Å². The second-order valence-corrected chi connectivity index (χ2v) is 6.32. The van der Waals surface area contributed by atoms with E-state index in [1.54, 1.807) is 28.9 Å². The number of hydrogen-bond donors (Lipinski definition) is 2. The summed E-state index contributed by atoms with van der Waals surface area (Å²) in [5, 5.41) is 23.6. The summed E-state index contributed by atoms with van der Waals surface area (Å²) in [6.07, 6.45) is 1.31. The van der Waals surface area contributed by atoms with Crippen LogP contribution in [0.15, 0.2) is 30.5 Å². The number of benzene rings is 1. The van der Waals surface area contributed by atoms with Crippen LogP contribution in [0.2, 0.25) is 0 Å². The van der Waals surface area contributed by atoms with Crippen LogP contribution in [0.5, 0.6) is 0 Å². The van der Waals surface area contributed by atoms with E-state index in [1.807, 2.05) is 27.8 Å². The Bertz CT molecular complexity index is 1020. The summed E-state index contributed by atoms with van der Waals surface area (Å²) < 4.78 is 3.11. The molecule has 1 unspecified atom stereocenters. The van der Waals surface area contributed by atoms with Gasteiger partial charge in [0.05, 0.1) is 23.5 Å². The van der Waals surface area contributed by atoms with Crippen molar-refractivity contribution in [3.63, 3.8) is 0 Å². The minimum Gasteiger partial charge on any atom is -0.476 e. The second-order valence-electron chi connectivity index (χ2n) is 6.32. The van der Waals surface area contributed by atoms with Crippen LogP contribution in [-0.4, -0.2) is 41.8 Å². The Morgan fingerprint density at radius 2 is 2.00 bits per heavy atom. The number of nitrogens with zero attached hydrogens (tertiary/aromatic N) is 5. The van der Waals surface area contributed by atoms with E-state index in [1.165, 1.54) is 10.9 Å². The second kappa shape index (κ2) is 7.02. The molecule has 27 heavy (non-hydrogen) atoms. The number of aromatic carboxylic acids is 1. The zero-order valence-corrected chi connectivity index (χ0v) is 15.5. The van der Waals surface area contributed by atoms with Gasteiger partial charge in [-0.15, -0.1) is 5.10 Å². The van der Waals surface area contributed by atoms with Crippen LogP contribution in [0.3, 0.4) is 0 Å². The van der Waals surface area contributed by atoms with Crippen molar-refractivity contribution in [3.8, 4) is 5.69 Å². The lowest BCUT2D eigenvalue weighted by Gasteiger charge is -2.14. The van der Waals surface area contributed by atoms with Crippen molar-refractivity contribution in [2.75, 3.05) is 5.32 Å². The molecular weight excluding hydrogens is 348 g/mol. The predicted octanol–water partition coefficient (Wildman–Crippen LogP) is 2.06. The Balaban J connectivity index is 1.81. The zero-order valence-electron chi connectivity index (χ0n) is 15.5. The molecule has 0 aliphatic rings. The van der Waals surface area contributed by atoms with Crippen LogP contribution < -0.4 is 5.32 Å². The molecule has 0 bridgehead atoms. The highest BCUT2D eigenvalue weighted by molar-refractivity contribution is 5.96. The van der Waals surface area contributed by atoms with Gasteiger partial charge in [-0.25, -0.2) is 9.48 Å². The van der Waals surface area contributed by atoms with E-state index in [0.717, 1.165) is 17.0 Å². The molecule has 0 spiro atoms. The summed E-state index contributed by atoms with van der Waals surface area (Å²) in [5.74, 6) is -1.68. The van der Waals surface area contributed by atoms with Crippen LogP contribution in [0.4, 0.5) is 5.69 Å². The van der Waals surface area contributed by atoms with Gasteiger partial charge in [0, 0.05) is 24.0 Å². The number of nitrogens with one attached hydrogen (secondary N) is 1. The quantitative estimate of drug-likeness (QED) is 0.712. The van der Waals surface area contributed by atoms with Gasteiger partial charge in [-0.2, -0.15) is 5.10 Å². The van der Waals surface area contributed by atoms with Gasteiger partial charge in [-0.05, 0) is 39.0 Å². The molecule has 0 aliphatic heterocycles. The van der Waals surface area contributed by atoms with Crippen molar-refractivity contribution in [3.05, 3.63) is 53.1 Å². The first-order valence-corrected chi connectivity index (χ1v) is 8.35. The molecule has 2 N–H and O–H groups in total. The number of anilines is 1. The molecule has 1 amide bonds. The molecule has 1 atom stereocenters. The highest BCUT2D eigenvalue weighted by atomic mass is 16.4. The molecule has 0 saturated heterocycles. The summed E-state index contributed by atoms with van der Waals surface area (Å²) in [7, 11) is 1.85. The Hall–Kier alpha value is -3.49. The number of carboxylic acids is 1. The maximum Gasteiger partial charge on any atom is 0.358 e. The molecule has 9 heteroatoms. The predicted molar refractivity (Wildman–Crippen MR) is 98.0 cm³/mol. The van der Waals surface area contributed by atoms with Gasteiger partial charge in [-0.3, -0.25) is 9.48 Å². The molecule has 2 aromatic heterocycles. The lowest BCUT2D eigenvalue weighted by Crippen LogP contribution is -2.20. The smallest absolute Gasteiger partial charge is 0.358 e. The highest BCUT2D eigenvalue weighted by Gasteiger charge is 2.22. The summed E-state index contributed by atoms with van der Waals surface area (Å²) in [5.41, 5.74) is 3.71. The number of rotatable bonds is 5. The molecule has 9 nitrogen and oxygen atoms in total. The Kier molecular flexibility index (Phi) is 4.76. The lowest BCUT2D eigenvalue weighted by atomic mass is 9.98. The normalized spacial score (nSPS) is 12.0. The number of amides is 1. The largest absolute Gasteiger partial charge is 0.476 e. The minimum atomic E-state index is -1.15. The van der Waals surface area contributed by atoms with Gasteiger partial charge in [0.1, 0.15) is 0 Å². The number of aromatic nitrogens is 5. The van der Waals surface area contributed by atoms with E-state index in [0.29, 0.717) is 11.4 Å². The summed E-state index contributed by atoms with van der Waals surface area (Å²) >= 11 is 0. The van der Waals surface area contributed by atoms with Crippen molar-refractivity contribution in [1.82, 2.24) is 24.8 Å². The van der Waals surface area contributed by atoms with Gasteiger partial charge in [0.15, 0.2) is 5.69 Å². The Morgan fingerprint density at radius 3 is 2.59 bits per heavy atom. The molecule has 1 aromatic carbocycles. The molecule has 0 fully saturated rings. The van der Waals surface area contributed by atoms with Crippen molar-refractivity contribution >= 4 is 17.6 Å². The van der Waals surface area contributed by atoms with E-state index in [9.17, 15) is 9.59 Å². The fraction of sp³-hybridized carbons (Fsp3) is 0.278. The van der Waals surface area contributed by atoms with Crippen LogP contribution in [0.1, 0.15) is 40.3 Å². The summed E-state index contributed by atoms with van der Waals surface area (Å²) in [4.78, 5) is 23.7. The van der Waals surface area contributed by atoms with Crippen LogP contribution >= 0.6 is 0 Å². The van der Waals surface area contributed by atoms with Gasteiger partial charge >= 0.3 is 5.97 Å². The van der Waals surface area contributed by atoms with Gasteiger partial charge in [0.2, 0.25) is 5.91 Å². The molecular formula is C18H20N6O3. The molecule has 140 valence electrons. The van der Waals surface area contributed by atoms with Crippen molar-refractivity contribution in [1.29, 1.82) is 0 Å². The monoisotopic (exact) mass is 368 g/mol. The van der Waals surface area contributed by atoms with Crippen molar-refractivity contribution in [2.24, 2.45) is 7.05 Å². The van der Waals surface area contributed by atoms with Gasteiger partial charge in [-0.1, -0.05) is 11.3 Å². The number of carbonyl (C=O) groups excluding carboxylic acids is 1. The van der Waals surface area contributed by atoms with Crippen LogP contribution in [0.25, 0.3) is 5.69 Å². The molecule has 0 radical (unpaired) electrons. The molecule has 0 aliphatic carbocycles. The first-order chi connectivity index (χ1) is 12.8. The van der Waals surface area contributed by atoms with E-state index in [4.69, 9.17) is 5.11 Å². The average Bonchev–Trinajstić information content (AvgIpc) is 3.20. The molecule has 3 aromatic rings. The fourth-order valence-corrected chi connectivity index (χ4v) is 3.01. The molecule has 2 heterocycles. The first kappa shape index (κ1) is 18.3. The van der Waals surface area contributed by atoms with E-state index >= 15 is 0 Å². The van der Waals surface area contributed by atoms with Gasteiger partial charge in [0.25, 0.3) is 0 Å². The lowest BCUT2D eigenvalue weighted by molar-refractivity contribution is -0.117. The number of hydrogen-bond acceptors (Lipinski definition) is 5. The maximum absolute atomic E-state index is 12.7. The standard InChI is InChI=1S/C18H20N6O3/c1-10(16-11(2)21-23(4)12(16)3)17(25)19-13-6-5-7-14(8-13)24-9-15(18(26)27)20-22-24/h5-10H,1-4H3,(H,19,25)(H,26,27). The third kappa shape index (κ3) is 3.57. The van der Waals surface area contributed by atoms with Crippen LogP contribution in [0, 0.1) is 13.8 Å². The van der Waals surface area contributed by atoms with Crippen LogP contribution in [-0.2, 0) is 11.8 Å². The zero-order chi connectivity index (χ0) is 19.7. The average molecular weight is 368 g/mol. The highest BCUT2D eigenvalue weighted by Crippen LogP contribution is 2.24. The fourth-order valence-electron chi connectivity index (χ4n) is 3.01. The minimum absolute atomic E-state index is 0.152. The van der Waals surface area contributed by atoms with Crippen molar-refractivity contribution < 1.29 is 14.7 Å². The topological polar surface area (TPSA) is 115 Å². The molecule has 0 saturated carbocycles. The van der Waals surface area contributed by atoms with Gasteiger partial charge < -0.3 is 10.4 Å². The third-order valence-electron chi connectivity index (χ3n) is 4.48. The SMILES string of the molecule is Cc1nn(C)c(C)c1C(C)C(=O)Nc1cccc(-n2cc(C(=O)O)nn2)c1. The molecule has 3 rings (SSSR count). The Labute approximate surface area is 155 Å². The van der Waals surface area contributed by atoms with Crippen molar-refractivity contribution in [2.45, 2.75) is 26.7 Å². The number of aryl methyl sites for hydroxylation is 2. The van der Waals surface area contributed by atoms with E-state index in [-0.39, 0.29) is 17.5 Å². The summed E-state index contributed by atoms with van der Waals surface area (Å²) in [6, 6.07) is 6.95. The third-order valence-corrected chi connectivity index (χ3v) is 4.48. The van der Waals surface area contributed by atoms with E-state index in [2.05, 4.69) is 20.7 Å². The summed E-state index contributed by atoms with van der Waals surface area (Å²) in [6.45, 7) is 5.66. The number of carboxylic acid groups (broad SMARTS) is 1.